The Bertz CT molecular complexity index is 340. The fraction of sp³-hybridized carbons (Fsp3) is 0.364. The normalized spacial score (nSPS) is 25.1. The van der Waals surface area contributed by atoms with E-state index in [1.165, 1.54) is 0 Å². The van der Waals surface area contributed by atoms with Crippen LogP contribution in [0.1, 0.15) is 6.42 Å². The average molecular weight is 205 g/mol. The number of aliphatic hydroxyl groups is 1. The first kappa shape index (κ1) is 10.1. The van der Waals surface area contributed by atoms with E-state index in [-0.39, 0.29) is 11.9 Å². The van der Waals surface area contributed by atoms with Crippen LogP contribution in [0.5, 0.6) is 0 Å². The molecule has 0 spiro atoms. The highest BCUT2D eigenvalue weighted by atomic mass is 16.3. The molecule has 1 radical (unpaired) electrons. The summed E-state index contributed by atoms with van der Waals surface area (Å²) in [6.45, 7) is 0.483. The molecule has 0 aliphatic carbocycles. The molecule has 2 unspecified atom stereocenters. The van der Waals surface area contributed by atoms with Crippen LogP contribution < -0.4 is 10.6 Å². The lowest BCUT2D eigenvalue weighted by Crippen LogP contribution is -2.35. The van der Waals surface area contributed by atoms with Crippen LogP contribution in [0.15, 0.2) is 24.3 Å². The molecular weight excluding hydrogens is 192 g/mol. The van der Waals surface area contributed by atoms with E-state index in [9.17, 15) is 9.90 Å². The van der Waals surface area contributed by atoms with Gasteiger partial charge in [-0.05, 0) is 12.5 Å². The SMILES string of the molecule is O=C(Nc1[c]cccc1)C1CC(O)CN1. The lowest BCUT2D eigenvalue weighted by atomic mass is 10.2. The van der Waals surface area contributed by atoms with Crippen LogP contribution in [0, 0.1) is 6.07 Å². The van der Waals surface area contributed by atoms with Gasteiger partial charge in [0.25, 0.3) is 0 Å². The topological polar surface area (TPSA) is 61.4 Å². The molecule has 3 N–H and O–H groups in total. The Morgan fingerprint density at radius 1 is 1.60 bits per heavy atom. The van der Waals surface area contributed by atoms with Crippen molar-refractivity contribution in [1.29, 1.82) is 0 Å². The molecule has 1 aliphatic heterocycles. The minimum Gasteiger partial charge on any atom is -0.392 e. The average Bonchev–Trinajstić information content (AvgIpc) is 2.66. The maximum atomic E-state index is 11.7. The number of nitrogens with one attached hydrogen (secondary N) is 2. The van der Waals surface area contributed by atoms with Gasteiger partial charge in [0.2, 0.25) is 5.91 Å². The van der Waals surface area contributed by atoms with E-state index >= 15 is 0 Å². The van der Waals surface area contributed by atoms with E-state index in [1.54, 1.807) is 12.1 Å². The second-order valence-corrected chi connectivity index (χ2v) is 3.62. The quantitative estimate of drug-likeness (QED) is 0.644. The first-order chi connectivity index (χ1) is 7.25. The second kappa shape index (κ2) is 4.42. The van der Waals surface area contributed by atoms with Crippen molar-refractivity contribution in [3.05, 3.63) is 30.3 Å². The summed E-state index contributed by atoms with van der Waals surface area (Å²) in [4.78, 5) is 11.7. The summed E-state index contributed by atoms with van der Waals surface area (Å²) in [5, 5.41) is 15.0. The number of β-amino-alcohol motifs (C(OH)–C–C–N with tert-alkyl or cyclic N) is 1. The molecule has 2 rings (SSSR count). The molecule has 15 heavy (non-hydrogen) atoms. The number of aliphatic hydroxyl groups excluding tert-OH is 1. The number of para-hydroxylation sites is 1. The van der Waals surface area contributed by atoms with Gasteiger partial charge in [-0.2, -0.15) is 0 Å². The van der Waals surface area contributed by atoms with Crippen LogP contribution in [0.25, 0.3) is 0 Å². The van der Waals surface area contributed by atoms with Crippen molar-refractivity contribution >= 4 is 11.6 Å². The van der Waals surface area contributed by atoms with Gasteiger partial charge in [0, 0.05) is 18.3 Å². The van der Waals surface area contributed by atoms with E-state index in [1.807, 2.05) is 12.1 Å². The highest BCUT2D eigenvalue weighted by molar-refractivity contribution is 5.94. The molecule has 4 heteroatoms. The van der Waals surface area contributed by atoms with E-state index in [2.05, 4.69) is 16.7 Å². The van der Waals surface area contributed by atoms with Crippen LogP contribution >= 0.6 is 0 Å². The van der Waals surface area contributed by atoms with Crippen molar-refractivity contribution in [2.24, 2.45) is 0 Å². The molecule has 0 aromatic heterocycles. The number of hydrogen-bond acceptors (Lipinski definition) is 3. The molecular formula is C11H13N2O2. The number of amides is 1. The molecule has 79 valence electrons. The molecule has 0 bridgehead atoms. The zero-order chi connectivity index (χ0) is 10.7. The summed E-state index contributed by atoms with van der Waals surface area (Å²) >= 11 is 0. The molecule has 1 heterocycles. The van der Waals surface area contributed by atoms with Crippen molar-refractivity contribution in [1.82, 2.24) is 5.32 Å². The maximum absolute atomic E-state index is 11.7. The van der Waals surface area contributed by atoms with Crippen LogP contribution in [-0.4, -0.2) is 29.7 Å². The van der Waals surface area contributed by atoms with Crippen molar-refractivity contribution in [2.75, 3.05) is 11.9 Å². The Hall–Kier alpha value is -1.39. The number of benzene rings is 1. The van der Waals surface area contributed by atoms with Gasteiger partial charge < -0.3 is 15.7 Å². The number of carbonyl (C=O) groups is 1. The third kappa shape index (κ3) is 2.55. The summed E-state index contributed by atoms with van der Waals surface area (Å²) in [7, 11) is 0. The summed E-state index contributed by atoms with van der Waals surface area (Å²) in [5.41, 5.74) is 0.658. The summed E-state index contributed by atoms with van der Waals surface area (Å²) < 4.78 is 0. The number of anilines is 1. The third-order valence-electron chi connectivity index (χ3n) is 2.39. The Morgan fingerprint density at radius 3 is 3.07 bits per heavy atom. The summed E-state index contributed by atoms with van der Waals surface area (Å²) in [6, 6.07) is 9.81. The highest BCUT2D eigenvalue weighted by Gasteiger charge is 2.27. The van der Waals surface area contributed by atoms with Gasteiger partial charge in [-0.25, -0.2) is 0 Å². The van der Waals surface area contributed by atoms with Gasteiger partial charge in [0.15, 0.2) is 0 Å². The fourth-order valence-corrected chi connectivity index (χ4v) is 1.61. The molecule has 1 aliphatic rings. The van der Waals surface area contributed by atoms with Crippen LogP contribution in [0.3, 0.4) is 0 Å². The Labute approximate surface area is 88.3 Å². The lowest BCUT2D eigenvalue weighted by Gasteiger charge is -2.10. The van der Waals surface area contributed by atoms with E-state index in [0.29, 0.717) is 18.7 Å². The van der Waals surface area contributed by atoms with Crippen molar-refractivity contribution in [3.8, 4) is 0 Å². The molecule has 1 aromatic rings. The number of rotatable bonds is 2. The van der Waals surface area contributed by atoms with Crippen LogP contribution in [0.4, 0.5) is 5.69 Å². The molecule has 0 saturated carbocycles. The molecule has 1 saturated heterocycles. The number of hydrogen-bond donors (Lipinski definition) is 3. The Kier molecular flexibility index (Phi) is 2.99. The van der Waals surface area contributed by atoms with Gasteiger partial charge in [-0.1, -0.05) is 18.2 Å². The van der Waals surface area contributed by atoms with Crippen molar-refractivity contribution in [3.63, 3.8) is 0 Å². The molecule has 4 nitrogen and oxygen atoms in total. The zero-order valence-electron chi connectivity index (χ0n) is 8.23. The standard InChI is InChI=1S/C11H13N2O2/c14-9-6-10(12-7-9)11(15)13-8-4-2-1-3-5-8/h1-4,9-10,12,14H,6-7H2,(H,13,15). The maximum Gasteiger partial charge on any atom is 0.241 e. The summed E-state index contributed by atoms with van der Waals surface area (Å²) in [6.07, 6.45) is 0.0547. The van der Waals surface area contributed by atoms with Crippen LogP contribution in [-0.2, 0) is 4.79 Å². The predicted octanol–water partition coefficient (Wildman–Crippen LogP) is 0.148. The zero-order valence-corrected chi connectivity index (χ0v) is 8.23. The first-order valence-electron chi connectivity index (χ1n) is 4.95. The fourth-order valence-electron chi connectivity index (χ4n) is 1.61. The van der Waals surface area contributed by atoms with Gasteiger partial charge in [-0.15, -0.1) is 0 Å². The molecule has 1 amide bonds. The van der Waals surface area contributed by atoms with E-state index in [0.717, 1.165) is 0 Å². The predicted molar refractivity (Wildman–Crippen MR) is 56.3 cm³/mol. The van der Waals surface area contributed by atoms with E-state index < -0.39 is 6.10 Å². The monoisotopic (exact) mass is 205 g/mol. The third-order valence-corrected chi connectivity index (χ3v) is 2.39. The minimum absolute atomic E-state index is 0.117. The summed E-state index contributed by atoms with van der Waals surface area (Å²) in [5.74, 6) is -0.117. The van der Waals surface area contributed by atoms with E-state index in [4.69, 9.17) is 0 Å². The van der Waals surface area contributed by atoms with Gasteiger partial charge >= 0.3 is 0 Å². The van der Waals surface area contributed by atoms with Gasteiger partial charge in [0.1, 0.15) is 0 Å². The highest BCUT2D eigenvalue weighted by Crippen LogP contribution is 2.10. The van der Waals surface area contributed by atoms with Gasteiger partial charge in [0.05, 0.1) is 12.1 Å². The van der Waals surface area contributed by atoms with Crippen molar-refractivity contribution < 1.29 is 9.90 Å². The molecule has 1 fully saturated rings. The largest absolute Gasteiger partial charge is 0.392 e. The molecule has 2 atom stereocenters. The number of carbonyl (C=O) groups excluding carboxylic acids is 1. The Morgan fingerprint density at radius 2 is 2.47 bits per heavy atom. The Balaban J connectivity index is 1.93. The smallest absolute Gasteiger partial charge is 0.241 e. The minimum atomic E-state index is -0.416. The van der Waals surface area contributed by atoms with Crippen molar-refractivity contribution in [2.45, 2.75) is 18.6 Å². The first-order valence-corrected chi connectivity index (χ1v) is 4.95. The second-order valence-electron chi connectivity index (χ2n) is 3.62. The lowest BCUT2D eigenvalue weighted by molar-refractivity contribution is -0.117. The van der Waals surface area contributed by atoms with Gasteiger partial charge in [-0.3, -0.25) is 4.79 Å². The van der Waals surface area contributed by atoms with Crippen LogP contribution in [0.2, 0.25) is 0 Å². The molecule has 1 aromatic carbocycles.